The average molecular weight is 347 g/mol. The smallest absolute Gasteiger partial charge is 0.274 e. The number of Topliss-reactive ketones (excluding diaryl/α,β-unsaturated/α-hetero) is 1. The molecule has 0 spiro atoms. The van der Waals surface area contributed by atoms with Crippen LogP contribution in [0.4, 0.5) is 11.5 Å². The molecule has 0 aliphatic carbocycles. The standard InChI is InChI=1S/C19H17N5O2/c1-13(25)14-5-7-15(8-6-14)24-19(26)17-10-18(23-12-22-17)21-11-16-4-2-3-9-20-16/h2-10,12H,11H2,1H3,(H,24,26)(H,21,22,23). The van der Waals surface area contributed by atoms with Crippen LogP contribution in [-0.2, 0) is 6.54 Å². The van der Waals surface area contributed by atoms with Crippen molar-refractivity contribution >= 4 is 23.2 Å². The highest BCUT2D eigenvalue weighted by Crippen LogP contribution is 2.12. The lowest BCUT2D eigenvalue weighted by Crippen LogP contribution is -2.15. The van der Waals surface area contributed by atoms with Gasteiger partial charge in [-0.05, 0) is 43.3 Å². The molecule has 130 valence electrons. The minimum Gasteiger partial charge on any atom is -0.364 e. The fourth-order valence-corrected chi connectivity index (χ4v) is 2.25. The molecular formula is C19H17N5O2. The molecule has 7 heteroatoms. The van der Waals surface area contributed by atoms with E-state index in [-0.39, 0.29) is 17.4 Å². The van der Waals surface area contributed by atoms with Gasteiger partial charge in [0, 0.05) is 23.5 Å². The van der Waals surface area contributed by atoms with Crippen LogP contribution in [0.25, 0.3) is 0 Å². The summed E-state index contributed by atoms with van der Waals surface area (Å²) < 4.78 is 0. The second-order valence-corrected chi connectivity index (χ2v) is 5.55. The van der Waals surface area contributed by atoms with E-state index in [1.807, 2.05) is 18.2 Å². The van der Waals surface area contributed by atoms with Crippen molar-refractivity contribution < 1.29 is 9.59 Å². The minimum absolute atomic E-state index is 0.0256. The Morgan fingerprint density at radius 3 is 2.50 bits per heavy atom. The summed E-state index contributed by atoms with van der Waals surface area (Å²) in [4.78, 5) is 36.0. The van der Waals surface area contributed by atoms with Gasteiger partial charge in [0.05, 0.1) is 12.2 Å². The molecule has 7 nitrogen and oxygen atoms in total. The van der Waals surface area contributed by atoms with Crippen molar-refractivity contribution in [1.82, 2.24) is 15.0 Å². The molecule has 2 N–H and O–H groups in total. The molecule has 26 heavy (non-hydrogen) atoms. The van der Waals surface area contributed by atoms with Gasteiger partial charge in [0.2, 0.25) is 0 Å². The zero-order chi connectivity index (χ0) is 18.4. The van der Waals surface area contributed by atoms with E-state index in [0.717, 1.165) is 5.69 Å². The third kappa shape index (κ3) is 4.47. The van der Waals surface area contributed by atoms with Crippen LogP contribution in [0.15, 0.2) is 61.1 Å². The van der Waals surface area contributed by atoms with Crippen LogP contribution < -0.4 is 10.6 Å². The number of pyridine rings is 1. The summed E-state index contributed by atoms with van der Waals surface area (Å²) in [6.07, 6.45) is 3.04. The molecule has 0 fully saturated rings. The molecule has 2 aromatic heterocycles. The van der Waals surface area contributed by atoms with Crippen LogP contribution in [0.2, 0.25) is 0 Å². The van der Waals surface area contributed by atoms with Crippen molar-refractivity contribution in [3.63, 3.8) is 0 Å². The molecule has 0 saturated heterocycles. The zero-order valence-electron chi connectivity index (χ0n) is 14.1. The van der Waals surface area contributed by atoms with E-state index >= 15 is 0 Å². The lowest BCUT2D eigenvalue weighted by atomic mass is 10.1. The van der Waals surface area contributed by atoms with Gasteiger partial charge in [0.25, 0.3) is 5.91 Å². The van der Waals surface area contributed by atoms with Gasteiger partial charge in [0.1, 0.15) is 17.8 Å². The number of hydrogen-bond donors (Lipinski definition) is 2. The van der Waals surface area contributed by atoms with Crippen molar-refractivity contribution in [2.75, 3.05) is 10.6 Å². The predicted octanol–water partition coefficient (Wildman–Crippen LogP) is 2.94. The Morgan fingerprint density at radius 1 is 1.00 bits per heavy atom. The molecule has 1 amide bonds. The van der Waals surface area contributed by atoms with Crippen molar-refractivity contribution in [3.8, 4) is 0 Å². The molecule has 0 bridgehead atoms. The largest absolute Gasteiger partial charge is 0.364 e. The molecular weight excluding hydrogens is 330 g/mol. The maximum absolute atomic E-state index is 12.4. The number of carbonyl (C=O) groups excluding carboxylic acids is 2. The van der Waals surface area contributed by atoms with Gasteiger partial charge in [-0.2, -0.15) is 0 Å². The van der Waals surface area contributed by atoms with Crippen molar-refractivity contribution in [2.45, 2.75) is 13.5 Å². The van der Waals surface area contributed by atoms with Crippen LogP contribution in [0.3, 0.4) is 0 Å². The number of nitrogens with zero attached hydrogens (tertiary/aromatic N) is 3. The van der Waals surface area contributed by atoms with E-state index in [0.29, 0.717) is 23.6 Å². The monoisotopic (exact) mass is 347 g/mol. The minimum atomic E-state index is -0.358. The van der Waals surface area contributed by atoms with E-state index in [9.17, 15) is 9.59 Å². The van der Waals surface area contributed by atoms with E-state index in [2.05, 4.69) is 25.6 Å². The van der Waals surface area contributed by atoms with Gasteiger partial charge in [-0.3, -0.25) is 14.6 Å². The number of aromatic nitrogens is 3. The first-order chi connectivity index (χ1) is 12.6. The number of carbonyl (C=O) groups is 2. The zero-order valence-corrected chi connectivity index (χ0v) is 14.1. The van der Waals surface area contributed by atoms with E-state index in [1.54, 1.807) is 36.5 Å². The predicted molar refractivity (Wildman–Crippen MR) is 98.0 cm³/mol. The van der Waals surface area contributed by atoms with Gasteiger partial charge >= 0.3 is 0 Å². The van der Waals surface area contributed by atoms with Gasteiger partial charge in [-0.25, -0.2) is 9.97 Å². The van der Waals surface area contributed by atoms with Crippen LogP contribution in [0.5, 0.6) is 0 Å². The summed E-state index contributed by atoms with van der Waals surface area (Å²) in [6.45, 7) is 1.99. The van der Waals surface area contributed by atoms with Gasteiger partial charge in [-0.15, -0.1) is 0 Å². The third-order valence-electron chi connectivity index (χ3n) is 3.63. The number of anilines is 2. The molecule has 0 aliphatic rings. The van der Waals surface area contributed by atoms with Crippen molar-refractivity contribution in [2.24, 2.45) is 0 Å². The highest BCUT2D eigenvalue weighted by Gasteiger charge is 2.10. The van der Waals surface area contributed by atoms with Crippen molar-refractivity contribution in [3.05, 3.63) is 78.0 Å². The second kappa shape index (κ2) is 7.98. The number of nitrogens with one attached hydrogen (secondary N) is 2. The molecule has 1 aromatic carbocycles. The summed E-state index contributed by atoms with van der Waals surface area (Å²) in [5.74, 6) is 0.147. The van der Waals surface area contributed by atoms with Gasteiger partial charge in [-0.1, -0.05) is 6.07 Å². The maximum Gasteiger partial charge on any atom is 0.274 e. The second-order valence-electron chi connectivity index (χ2n) is 5.55. The third-order valence-corrected chi connectivity index (χ3v) is 3.63. The number of amides is 1. The Morgan fingerprint density at radius 2 is 1.81 bits per heavy atom. The molecule has 0 unspecified atom stereocenters. The van der Waals surface area contributed by atoms with Crippen LogP contribution >= 0.6 is 0 Å². The molecule has 0 saturated carbocycles. The molecule has 0 aliphatic heterocycles. The molecule has 3 aromatic rings. The summed E-state index contributed by atoms with van der Waals surface area (Å²) in [5.41, 5.74) is 2.27. The van der Waals surface area contributed by atoms with E-state index < -0.39 is 0 Å². The SMILES string of the molecule is CC(=O)c1ccc(NC(=O)c2cc(NCc3ccccn3)ncn2)cc1. The lowest BCUT2D eigenvalue weighted by molar-refractivity contribution is 0.101. The van der Waals surface area contributed by atoms with Crippen LogP contribution in [-0.4, -0.2) is 26.6 Å². The highest BCUT2D eigenvalue weighted by atomic mass is 16.2. The fourth-order valence-electron chi connectivity index (χ4n) is 2.25. The molecule has 2 heterocycles. The topological polar surface area (TPSA) is 96.9 Å². The Kier molecular flexibility index (Phi) is 5.28. The average Bonchev–Trinajstić information content (AvgIpc) is 2.68. The molecule has 0 radical (unpaired) electrons. The first-order valence-electron chi connectivity index (χ1n) is 8.00. The van der Waals surface area contributed by atoms with Gasteiger partial charge < -0.3 is 10.6 Å². The molecule has 3 rings (SSSR count). The Balaban J connectivity index is 1.65. The van der Waals surface area contributed by atoms with Crippen LogP contribution in [0.1, 0.15) is 33.5 Å². The summed E-state index contributed by atoms with van der Waals surface area (Å²) in [5, 5.41) is 5.85. The molecule has 0 atom stereocenters. The number of ketones is 1. The quantitative estimate of drug-likeness (QED) is 0.666. The van der Waals surface area contributed by atoms with Crippen molar-refractivity contribution in [1.29, 1.82) is 0 Å². The number of hydrogen-bond acceptors (Lipinski definition) is 6. The van der Waals surface area contributed by atoms with E-state index in [1.165, 1.54) is 13.3 Å². The number of rotatable bonds is 6. The summed E-state index contributed by atoms with van der Waals surface area (Å²) in [6, 6.07) is 13.9. The first kappa shape index (κ1) is 17.2. The number of benzene rings is 1. The van der Waals surface area contributed by atoms with Gasteiger partial charge in [0.15, 0.2) is 5.78 Å². The van der Waals surface area contributed by atoms with E-state index in [4.69, 9.17) is 0 Å². The first-order valence-corrected chi connectivity index (χ1v) is 8.00. The lowest BCUT2D eigenvalue weighted by Gasteiger charge is -2.08. The highest BCUT2D eigenvalue weighted by molar-refractivity contribution is 6.03. The normalized spacial score (nSPS) is 10.2. The Labute approximate surface area is 150 Å². The fraction of sp³-hybridized carbons (Fsp3) is 0.105. The Hall–Kier alpha value is -3.61. The summed E-state index contributed by atoms with van der Waals surface area (Å²) >= 11 is 0. The summed E-state index contributed by atoms with van der Waals surface area (Å²) in [7, 11) is 0. The Bertz CT molecular complexity index is 911. The van der Waals surface area contributed by atoms with Crippen LogP contribution in [0, 0.1) is 0 Å². The maximum atomic E-state index is 12.4.